The molecule has 1 saturated carbocycles. The van der Waals surface area contributed by atoms with Gasteiger partial charge in [-0.05, 0) is 37.3 Å². The molecule has 0 spiro atoms. The van der Waals surface area contributed by atoms with E-state index in [4.69, 9.17) is 16.6 Å². The minimum absolute atomic E-state index is 0.602. The molecule has 1 aliphatic carbocycles. The molecule has 1 aromatic carbocycles. The normalized spacial score (nSPS) is 23.3. The van der Waals surface area contributed by atoms with Crippen LogP contribution in [0.1, 0.15) is 43.6 Å². The number of hydrogen-bond donors (Lipinski definition) is 0. The van der Waals surface area contributed by atoms with Gasteiger partial charge >= 0.3 is 0 Å². The van der Waals surface area contributed by atoms with Crippen molar-refractivity contribution in [3.05, 3.63) is 29.6 Å². The van der Waals surface area contributed by atoms with E-state index in [1.54, 1.807) is 0 Å². The van der Waals surface area contributed by atoms with Gasteiger partial charge in [0.15, 0.2) is 0 Å². The largest absolute Gasteiger partial charge is 0.325 e. The van der Waals surface area contributed by atoms with Crippen LogP contribution in [0.25, 0.3) is 11.0 Å². The second-order valence-electron chi connectivity index (χ2n) is 5.76. The summed E-state index contributed by atoms with van der Waals surface area (Å²) in [5.41, 5.74) is 3.71. The van der Waals surface area contributed by atoms with Crippen molar-refractivity contribution in [1.29, 1.82) is 0 Å². The van der Waals surface area contributed by atoms with Gasteiger partial charge in [0.05, 0.1) is 11.0 Å². The maximum atomic E-state index is 5.97. The van der Waals surface area contributed by atoms with Crippen LogP contribution in [0.15, 0.2) is 18.2 Å². The Bertz CT molecular complexity index is 588. The molecule has 0 radical (unpaired) electrons. The lowest BCUT2D eigenvalue weighted by Gasteiger charge is -2.21. The monoisotopic (exact) mass is 276 g/mol. The topological polar surface area (TPSA) is 17.8 Å². The van der Waals surface area contributed by atoms with Gasteiger partial charge < -0.3 is 4.57 Å². The summed E-state index contributed by atoms with van der Waals surface area (Å²) in [6.07, 6.45) is 4.79. The Labute approximate surface area is 119 Å². The zero-order valence-electron chi connectivity index (χ0n) is 11.7. The summed E-state index contributed by atoms with van der Waals surface area (Å²) in [6, 6.07) is 7.09. The van der Waals surface area contributed by atoms with Gasteiger partial charge in [-0.15, -0.1) is 11.6 Å². The quantitative estimate of drug-likeness (QED) is 0.756. The van der Waals surface area contributed by atoms with E-state index in [9.17, 15) is 0 Å². The first-order valence-corrected chi connectivity index (χ1v) is 7.78. The highest BCUT2D eigenvalue weighted by Gasteiger charge is 2.28. The maximum absolute atomic E-state index is 5.97. The summed E-state index contributed by atoms with van der Waals surface area (Å²) in [4.78, 5) is 4.86. The Morgan fingerprint density at radius 1 is 1.37 bits per heavy atom. The lowest BCUT2D eigenvalue weighted by molar-refractivity contribution is 0.406. The van der Waals surface area contributed by atoms with Gasteiger partial charge in [0.2, 0.25) is 0 Å². The lowest BCUT2D eigenvalue weighted by atomic mass is 10.1. The third kappa shape index (κ3) is 2.16. The molecule has 1 fully saturated rings. The molecular formula is C16H21ClN2. The van der Waals surface area contributed by atoms with Gasteiger partial charge in [-0.3, -0.25) is 0 Å². The van der Waals surface area contributed by atoms with Crippen molar-refractivity contribution in [2.75, 3.05) is 5.88 Å². The number of benzene rings is 1. The van der Waals surface area contributed by atoms with Gasteiger partial charge in [-0.2, -0.15) is 0 Å². The van der Waals surface area contributed by atoms with Gasteiger partial charge in [0.1, 0.15) is 5.82 Å². The number of fused-ring (bicyclic) bond motifs is 1. The summed E-state index contributed by atoms with van der Waals surface area (Å²) in [6.45, 7) is 4.51. The summed E-state index contributed by atoms with van der Waals surface area (Å²) in [5, 5.41) is 0. The van der Waals surface area contributed by atoms with Crippen molar-refractivity contribution in [2.45, 2.75) is 45.6 Å². The first-order chi connectivity index (χ1) is 9.22. The molecule has 2 atom stereocenters. The van der Waals surface area contributed by atoms with E-state index in [2.05, 4.69) is 36.6 Å². The molecule has 0 aliphatic heterocycles. The van der Waals surface area contributed by atoms with E-state index in [1.165, 1.54) is 30.3 Å². The first-order valence-electron chi connectivity index (χ1n) is 7.24. The number of nitrogens with zero attached hydrogens (tertiary/aromatic N) is 2. The Balaban J connectivity index is 2.19. The highest BCUT2D eigenvalue weighted by Crippen LogP contribution is 2.38. The van der Waals surface area contributed by atoms with Crippen LogP contribution in [0, 0.1) is 12.8 Å². The third-order valence-corrected chi connectivity index (χ3v) is 4.65. The van der Waals surface area contributed by atoms with Crippen molar-refractivity contribution in [1.82, 2.24) is 9.55 Å². The minimum Gasteiger partial charge on any atom is -0.325 e. The second kappa shape index (κ2) is 5.16. The van der Waals surface area contributed by atoms with Crippen molar-refractivity contribution in [3.63, 3.8) is 0 Å². The zero-order valence-corrected chi connectivity index (χ0v) is 12.5. The number of halogens is 1. The van der Waals surface area contributed by atoms with Crippen LogP contribution in [0.5, 0.6) is 0 Å². The molecule has 0 N–H and O–H groups in total. The Morgan fingerprint density at radius 3 is 2.89 bits per heavy atom. The smallest absolute Gasteiger partial charge is 0.111 e. The van der Waals surface area contributed by atoms with Gasteiger partial charge in [0.25, 0.3) is 0 Å². The van der Waals surface area contributed by atoms with E-state index < -0.39 is 0 Å². The van der Waals surface area contributed by atoms with Crippen LogP contribution in [-0.2, 0) is 6.42 Å². The number of aryl methyl sites for hydroxylation is 2. The van der Waals surface area contributed by atoms with Crippen LogP contribution in [-0.4, -0.2) is 15.4 Å². The molecule has 2 nitrogen and oxygen atoms in total. The Kier molecular flexibility index (Phi) is 3.53. The molecule has 1 aromatic heterocycles. The predicted molar refractivity (Wildman–Crippen MR) is 80.9 cm³/mol. The fraction of sp³-hybridized carbons (Fsp3) is 0.562. The van der Waals surface area contributed by atoms with Crippen LogP contribution in [0.4, 0.5) is 0 Å². The highest BCUT2D eigenvalue weighted by atomic mass is 35.5. The maximum Gasteiger partial charge on any atom is 0.111 e. The predicted octanol–water partition coefficient (Wildman–Crippen LogP) is 4.49. The molecule has 0 bridgehead atoms. The minimum atomic E-state index is 0.602. The number of hydrogen-bond acceptors (Lipinski definition) is 1. The molecule has 19 heavy (non-hydrogen) atoms. The summed E-state index contributed by atoms with van der Waals surface area (Å²) in [7, 11) is 0. The van der Waals surface area contributed by atoms with Gasteiger partial charge in [-0.1, -0.05) is 25.5 Å². The van der Waals surface area contributed by atoms with Crippen molar-refractivity contribution in [3.8, 4) is 0 Å². The Morgan fingerprint density at radius 2 is 2.21 bits per heavy atom. The van der Waals surface area contributed by atoms with Crippen molar-refractivity contribution in [2.24, 2.45) is 5.92 Å². The number of para-hydroxylation sites is 1. The van der Waals surface area contributed by atoms with E-state index in [1.807, 2.05) is 0 Å². The van der Waals surface area contributed by atoms with E-state index in [0.29, 0.717) is 11.9 Å². The van der Waals surface area contributed by atoms with Crippen molar-refractivity contribution < 1.29 is 0 Å². The third-order valence-electron chi connectivity index (χ3n) is 4.46. The van der Waals surface area contributed by atoms with Crippen molar-refractivity contribution >= 4 is 22.6 Å². The standard InChI is InChI=1S/C16H21ClN2/c1-11-5-3-7-13(11)19-14-8-4-6-12(2)16(14)18-15(19)9-10-17/h4,6,8,11,13H,3,5,7,9-10H2,1-2H3. The van der Waals surface area contributed by atoms with Crippen LogP contribution >= 0.6 is 11.6 Å². The van der Waals surface area contributed by atoms with Gasteiger partial charge in [-0.25, -0.2) is 4.98 Å². The Hall–Kier alpha value is -1.02. The molecule has 1 heterocycles. The van der Waals surface area contributed by atoms with Crippen LogP contribution < -0.4 is 0 Å². The molecule has 0 saturated heterocycles. The average Bonchev–Trinajstić information content (AvgIpc) is 2.94. The molecule has 3 heteroatoms. The molecule has 3 rings (SSSR count). The van der Waals surface area contributed by atoms with Crippen LogP contribution in [0.3, 0.4) is 0 Å². The SMILES string of the molecule is Cc1cccc2c1nc(CCCl)n2C1CCCC1C. The van der Waals surface area contributed by atoms with Crippen LogP contribution in [0.2, 0.25) is 0 Å². The van der Waals surface area contributed by atoms with E-state index >= 15 is 0 Å². The van der Waals surface area contributed by atoms with E-state index in [-0.39, 0.29) is 0 Å². The summed E-state index contributed by atoms with van der Waals surface area (Å²) in [5.74, 6) is 2.55. The number of imidazole rings is 1. The highest BCUT2D eigenvalue weighted by molar-refractivity contribution is 6.17. The zero-order chi connectivity index (χ0) is 13.4. The molecule has 2 aromatic rings. The molecule has 2 unspecified atom stereocenters. The fourth-order valence-electron chi connectivity index (χ4n) is 3.45. The number of aromatic nitrogens is 2. The molecule has 1 aliphatic rings. The molecule has 0 amide bonds. The second-order valence-corrected chi connectivity index (χ2v) is 6.13. The van der Waals surface area contributed by atoms with Gasteiger partial charge in [0, 0.05) is 18.3 Å². The summed E-state index contributed by atoms with van der Waals surface area (Å²) >= 11 is 5.97. The summed E-state index contributed by atoms with van der Waals surface area (Å²) < 4.78 is 2.47. The number of alkyl halides is 1. The van der Waals surface area contributed by atoms with E-state index in [0.717, 1.165) is 23.7 Å². The average molecular weight is 277 g/mol. The lowest BCUT2D eigenvalue weighted by Crippen LogP contribution is -2.15. The fourth-order valence-corrected chi connectivity index (χ4v) is 3.61. The number of rotatable bonds is 3. The molecular weight excluding hydrogens is 256 g/mol. The molecule has 102 valence electrons. The first kappa shape index (κ1) is 13.0.